The molecule has 0 saturated carbocycles. The first-order valence-electron chi connectivity index (χ1n) is 7.08. The summed E-state index contributed by atoms with van der Waals surface area (Å²) in [4.78, 5) is 14.6. The van der Waals surface area contributed by atoms with Gasteiger partial charge in [0.25, 0.3) is 0 Å². The van der Waals surface area contributed by atoms with Crippen LogP contribution in [0.25, 0.3) is 0 Å². The Bertz CT molecular complexity index is 672. The molecule has 3 rings (SSSR count). The van der Waals surface area contributed by atoms with Crippen molar-refractivity contribution in [1.29, 1.82) is 0 Å². The number of benzene rings is 2. The average Bonchev–Trinajstić information content (AvgIpc) is 2.57. The molecule has 1 heterocycles. The van der Waals surface area contributed by atoms with Gasteiger partial charge >= 0.3 is 5.97 Å². The molecule has 0 fully saturated rings. The van der Waals surface area contributed by atoms with Crippen LogP contribution in [0.3, 0.4) is 0 Å². The van der Waals surface area contributed by atoms with Crippen molar-refractivity contribution in [2.24, 2.45) is 0 Å². The molecule has 22 heavy (non-hydrogen) atoms. The van der Waals surface area contributed by atoms with Crippen molar-refractivity contribution in [3.63, 3.8) is 0 Å². The van der Waals surface area contributed by atoms with Gasteiger partial charge in [-0.1, -0.05) is 24.3 Å². The highest BCUT2D eigenvalue weighted by Gasteiger charge is 2.26. The first kappa shape index (κ1) is 14.9. The highest BCUT2D eigenvalue weighted by Crippen LogP contribution is 2.31. The lowest BCUT2D eigenvalue weighted by Gasteiger charge is -2.31. The van der Waals surface area contributed by atoms with Gasteiger partial charge in [-0.3, -0.25) is 0 Å². The summed E-state index contributed by atoms with van der Waals surface area (Å²) < 4.78 is 16.8. The highest BCUT2D eigenvalue weighted by molar-refractivity contribution is 7.91. The number of hydrogen-bond acceptors (Lipinski definition) is 4. The van der Waals surface area contributed by atoms with Crippen LogP contribution in [-0.4, -0.2) is 29.9 Å². The fourth-order valence-electron chi connectivity index (χ4n) is 2.58. The van der Waals surface area contributed by atoms with Crippen molar-refractivity contribution < 1.29 is 14.1 Å². The quantitative estimate of drug-likeness (QED) is 0.645. The number of nitrogens with zero attached hydrogens (tertiary/aromatic N) is 1. The van der Waals surface area contributed by atoms with E-state index < -0.39 is 11.2 Å². The second-order valence-corrected chi connectivity index (χ2v) is 6.67. The molecule has 0 spiro atoms. The fourth-order valence-corrected chi connectivity index (χ4v) is 3.85. The van der Waals surface area contributed by atoms with Crippen molar-refractivity contribution in [1.82, 2.24) is 0 Å². The molecular weight excluding hydrogens is 298 g/mol. The summed E-state index contributed by atoms with van der Waals surface area (Å²) in [6.07, 6.45) is 0. The Morgan fingerprint density at radius 2 is 1.95 bits per heavy atom. The summed E-state index contributed by atoms with van der Waals surface area (Å²) in [6.45, 7) is 1.50. The zero-order chi connectivity index (χ0) is 15.5. The predicted molar refractivity (Wildman–Crippen MR) is 86.5 cm³/mol. The molecule has 0 amide bonds. The van der Waals surface area contributed by atoms with Gasteiger partial charge in [0.05, 0.1) is 24.9 Å². The van der Waals surface area contributed by atoms with Crippen molar-refractivity contribution in [2.45, 2.75) is 11.4 Å². The number of hydrogen-bond donors (Lipinski definition) is 0. The summed E-state index contributed by atoms with van der Waals surface area (Å²) >= 11 is -0.908. The second kappa shape index (κ2) is 6.42. The van der Waals surface area contributed by atoms with Gasteiger partial charge in [0, 0.05) is 6.54 Å². The standard InChI is InChI=1S/C17H17NO3S/c1-21-17(19)14-8-6-13(7-9-14)12-18-10-11-22(20)16-5-3-2-4-15(16)18/h2-9H,10-12H2,1H3. The zero-order valence-corrected chi connectivity index (χ0v) is 13.1. The second-order valence-electron chi connectivity index (χ2n) is 5.13. The molecule has 0 aromatic heterocycles. The molecule has 4 nitrogen and oxygen atoms in total. The lowest BCUT2D eigenvalue weighted by Crippen LogP contribution is -2.34. The van der Waals surface area contributed by atoms with Crippen LogP contribution >= 0.6 is 0 Å². The van der Waals surface area contributed by atoms with Gasteiger partial charge in [0.15, 0.2) is 4.90 Å². The van der Waals surface area contributed by atoms with E-state index in [0.29, 0.717) is 11.3 Å². The first-order valence-corrected chi connectivity index (χ1v) is 8.40. The molecule has 1 aliphatic heterocycles. The Hall–Kier alpha value is -1.98. The largest absolute Gasteiger partial charge is 0.611 e. The molecule has 2 aromatic rings. The Morgan fingerprint density at radius 3 is 2.68 bits per heavy atom. The Morgan fingerprint density at radius 1 is 1.23 bits per heavy atom. The van der Waals surface area contributed by atoms with E-state index in [1.165, 1.54) is 7.11 Å². The van der Waals surface area contributed by atoms with Crippen molar-refractivity contribution in [3.8, 4) is 0 Å². The minimum atomic E-state index is -0.908. The van der Waals surface area contributed by atoms with Crippen LogP contribution in [0.4, 0.5) is 5.69 Å². The number of methoxy groups -OCH3 is 1. The third kappa shape index (κ3) is 2.96. The molecule has 0 radical (unpaired) electrons. The Labute approximate surface area is 132 Å². The third-order valence-electron chi connectivity index (χ3n) is 3.75. The molecule has 0 saturated heterocycles. The zero-order valence-electron chi connectivity index (χ0n) is 12.3. The van der Waals surface area contributed by atoms with E-state index >= 15 is 0 Å². The first-order chi connectivity index (χ1) is 10.7. The van der Waals surface area contributed by atoms with Crippen LogP contribution in [0.2, 0.25) is 0 Å². The Balaban J connectivity index is 1.79. The smallest absolute Gasteiger partial charge is 0.337 e. The number of para-hydroxylation sites is 1. The minimum Gasteiger partial charge on any atom is -0.611 e. The van der Waals surface area contributed by atoms with Crippen molar-refractivity contribution in [2.75, 3.05) is 24.3 Å². The van der Waals surface area contributed by atoms with Crippen LogP contribution in [0.1, 0.15) is 15.9 Å². The molecule has 1 unspecified atom stereocenters. The molecule has 1 aliphatic rings. The van der Waals surface area contributed by atoms with E-state index in [1.807, 2.05) is 36.4 Å². The van der Waals surface area contributed by atoms with E-state index in [2.05, 4.69) is 4.90 Å². The SMILES string of the molecule is COC(=O)c1ccc(CN2CC[S+]([O-])c3ccccc32)cc1. The molecular formula is C17H17NO3S. The number of esters is 1. The fraction of sp³-hybridized carbons (Fsp3) is 0.235. The van der Waals surface area contributed by atoms with E-state index in [0.717, 1.165) is 29.2 Å². The summed E-state index contributed by atoms with van der Waals surface area (Å²) in [6, 6.07) is 15.2. The molecule has 1 atom stereocenters. The lowest BCUT2D eigenvalue weighted by atomic mass is 10.1. The monoisotopic (exact) mass is 315 g/mol. The van der Waals surface area contributed by atoms with E-state index in [4.69, 9.17) is 4.74 Å². The minimum absolute atomic E-state index is 0.328. The van der Waals surface area contributed by atoms with Crippen LogP contribution in [0.5, 0.6) is 0 Å². The number of rotatable bonds is 3. The average molecular weight is 315 g/mol. The van der Waals surface area contributed by atoms with Gasteiger partial charge in [0.2, 0.25) is 0 Å². The number of fused-ring (bicyclic) bond motifs is 1. The van der Waals surface area contributed by atoms with Gasteiger partial charge in [-0.25, -0.2) is 4.79 Å². The molecule has 0 N–H and O–H groups in total. The van der Waals surface area contributed by atoms with Crippen LogP contribution < -0.4 is 4.90 Å². The molecule has 0 aliphatic carbocycles. The normalized spacial score (nSPS) is 17.0. The molecule has 5 heteroatoms. The number of anilines is 1. The van der Waals surface area contributed by atoms with Gasteiger partial charge in [-0.05, 0) is 41.0 Å². The lowest BCUT2D eigenvalue weighted by molar-refractivity contribution is 0.0600. The van der Waals surface area contributed by atoms with E-state index in [1.54, 1.807) is 12.1 Å². The number of ether oxygens (including phenoxy) is 1. The number of carbonyl (C=O) groups is 1. The predicted octanol–water partition coefficient (Wildman–Crippen LogP) is 2.60. The van der Waals surface area contributed by atoms with Crippen molar-refractivity contribution >= 4 is 22.8 Å². The van der Waals surface area contributed by atoms with Gasteiger partial charge in [-0.15, -0.1) is 0 Å². The van der Waals surface area contributed by atoms with Crippen LogP contribution in [0, 0.1) is 0 Å². The highest BCUT2D eigenvalue weighted by atomic mass is 32.2. The topological polar surface area (TPSA) is 52.6 Å². The summed E-state index contributed by atoms with van der Waals surface area (Å²) in [5, 5.41) is 0. The van der Waals surface area contributed by atoms with E-state index in [-0.39, 0.29) is 5.97 Å². The van der Waals surface area contributed by atoms with Gasteiger partial charge < -0.3 is 14.2 Å². The number of carbonyl (C=O) groups excluding carboxylic acids is 1. The summed E-state index contributed by atoms with van der Waals surface area (Å²) in [5.74, 6) is 0.322. The van der Waals surface area contributed by atoms with Gasteiger partial charge in [-0.2, -0.15) is 0 Å². The maximum Gasteiger partial charge on any atom is 0.337 e. The van der Waals surface area contributed by atoms with Crippen molar-refractivity contribution in [3.05, 3.63) is 59.7 Å². The van der Waals surface area contributed by atoms with E-state index in [9.17, 15) is 9.35 Å². The summed E-state index contributed by atoms with van der Waals surface area (Å²) in [5.41, 5.74) is 2.69. The summed E-state index contributed by atoms with van der Waals surface area (Å²) in [7, 11) is 1.38. The van der Waals surface area contributed by atoms with Crippen LogP contribution in [0.15, 0.2) is 53.4 Å². The Kier molecular flexibility index (Phi) is 4.36. The van der Waals surface area contributed by atoms with Crippen LogP contribution in [-0.2, 0) is 22.5 Å². The maximum absolute atomic E-state index is 12.1. The molecule has 0 bridgehead atoms. The maximum atomic E-state index is 12.1. The third-order valence-corrected chi connectivity index (χ3v) is 5.14. The molecule has 114 valence electrons. The van der Waals surface area contributed by atoms with Gasteiger partial charge in [0.1, 0.15) is 5.75 Å². The molecule has 2 aromatic carbocycles.